The largest absolute Gasteiger partial charge is 0.487 e. The zero-order valence-electron chi connectivity index (χ0n) is 15.5. The van der Waals surface area contributed by atoms with Crippen LogP contribution in [0.1, 0.15) is 22.4 Å². The van der Waals surface area contributed by atoms with E-state index < -0.39 is 12.7 Å². The highest BCUT2D eigenvalue weighted by molar-refractivity contribution is 5.44. The summed E-state index contributed by atoms with van der Waals surface area (Å²) in [5, 5.41) is 6.72. The number of rotatable bonds is 7. The minimum Gasteiger partial charge on any atom is -0.487 e. The van der Waals surface area contributed by atoms with Crippen LogP contribution in [-0.2, 0) is 19.7 Å². The molecule has 6 nitrogen and oxygen atoms in total. The van der Waals surface area contributed by atoms with Crippen LogP contribution in [0.3, 0.4) is 0 Å². The molecule has 0 atom stereocenters. The van der Waals surface area contributed by atoms with Gasteiger partial charge in [0, 0.05) is 12.7 Å². The van der Waals surface area contributed by atoms with Gasteiger partial charge in [-0.15, -0.1) is 5.10 Å². The zero-order valence-corrected chi connectivity index (χ0v) is 15.5. The molecule has 148 valence electrons. The van der Waals surface area contributed by atoms with E-state index in [2.05, 4.69) is 20.4 Å². The van der Waals surface area contributed by atoms with Crippen molar-refractivity contribution in [3.8, 4) is 5.75 Å². The Morgan fingerprint density at radius 1 is 1.11 bits per heavy atom. The van der Waals surface area contributed by atoms with Crippen molar-refractivity contribution in [3.05, 3.63) is 65.2 Å². The lowest BCUT2D eigenvalue weighted by molar-refractivity contribution is -0.142. The average Bonchev–Trinajstić information content (AvgIpc) is 3.05. The summed E-state index contributed by atoms with van der Waals surface area (Å²) in [5.74, 6) is 0.942. The summed E-state index contributed by atoms with van der Waals surface area (Å²) in [5.41, 5.74) is 3.71. The number of ether oxygens (including phenoxy) is 1. The van der Waals surface area contributed by atoms with Crippen LogP contribution in [0, 0.1) is 13.8 Å². The van der Waals surface area contributed by atoms with Crippen molar-refractivity contribution in [3.63, 3.8) is 0 Å². The smallest absolute Gasteiger partial charge is 0.408 e. The van der Waals surface area contributed by atoms with Gasteiger partial charge in [-0.05, 0) is 42.7 Å². The predicted molar refractivity (Wildman–Crippen MR) is 97.9 cm³/mol. The molecule has 2 aromatic heterocycles. The number of aromatic nitrogens is 4. The Morgan fingerprint density at radius 2 is 1.86 bits per heavy atom. The van der Waals surface area contributed by atoms with E-state index >= 15 is 0 Å². The van der Waals surface area contributed by atoms with Gasteiger partial charge in [0.25, 0.3) is 0 Å². The molecule has 2 heterocycles. The third kappa shape index (κ3) is 5.45. The van der Waals surface area contributed by atoms with Gasteiger partial charge in [0.1, 0.15) is 25.2 Å². The summed E-state index contributed by atoms with van der Waals surface area (Å²) in [4.78, 5) is 8.09. The van der Waals surface area contributed by atoms with Crippen LogP contribution < -0.4 is 10.1 Å². The third-order valence-corrected chi connectivity index (χ3v) is 3.94. The van der Waals surface area contributed by atoms with Crippen molar-refractivity contribution in [1.82, 2.24) is 19.7 Å². The minimum atomic E-state index is -4.33. The molecule has 0 aliphatic carbocycles. The minimum absolute atomic E-state index is 0.148. The van der Waals surface area contributed by atoms with E-state index in [0.717, 1.165) is 39.1 Å². The number of pyridine rings is 1. The molecule has 0 saturated carbocycles. The van der Waals surface area contributed by atoms with Crippen LogP contribution in [-0.4, -0.2) is 25.9 Å². The molecule has 0 aliphatic rings. The Morgan fingerprint density at radius 3 is 2.50 bits per heavy atom. The van der Waals surface area contributed by atoms with Crippen LogP contribution in [0.4, 0.5) is 19.1 Å². The standard InChI is InChI=1S/C19H20F3N5O/c1-13-7-15(9-24-18-25-12-27(26-18)11-19(20,21)22)8-14(2)17(13)28-10-16-5-3-4-6-23-16/h3-8,12H,9-11H2,1-2H3,(H,24,26). The third-order valence-electron chi connectivity index (χ3n) is 3.94. The molecule has 3 rings (SSSR count). The quantitative estimate of drug-likeness (QED) is 0.658. The first-order chi connectivity index (χ1) is 13.3. The number of nitrogens with one attached hydrogen (secondary N) is 1. The molecule has 1 aromatic carbocycles. The molecular weight excluding hydrogens is 371 g/mol. The molecule has 0 bridgehead atoms. The van der Waals surface area contributed by atoms with Gasteiger partial charge in [0.15, 0.2) is 0 Å². The lowest BCUT2D eigenvalue weighted by Gasteiger charge is -2.14. The average molecular weight is 391 g/mol. The molecule has 9 heteroatoms. The number of halogens is 3. The Bertz CT molecular complexity index is 902. The molecule has 0 radical (unpaired) electrons. The second-order valence-corrected chi connectivity index (χ2v) is 6.40. The highest BCUT2D eigenvalue weighted by Gasteiger charge is 2.28. The van der Waals surface area contributed by atoms with Crippen LogP contribution in [0.5, 0.6) is 5.75 Å². The van der Waals surface area contributed by atoms with Crippen molar-refractivity contribution in [2.75, 3.05) is 5.32 Å². The normalized spacial score (nSPS) is 11.5. The molecular formula is C19H20F3N5O. The molecule has 28 heavy (non-hydrogen) atoms. The summed E-state index contributed by atoms with van der Waals surface area (Å²) in [7, 11) is 0. The maximum Gasteiger partial charge on any atom is 0.408 e. The van der Waals surface area contributed by atoms with Gasteiger partial charge in [0.2, 0.25) is 5.95 Å². The van der Waals surface area contributed by atoms with E-state index in [9.17, 15) is 13.2 Å². The highest BCUT2D eigenvalue weighted by Crippen LogP contribution is 2.26. The van der Waals surface area contributed by atoms with Crippen molar-refractivity contribution in [2.45, 2.75) is 39.7 Å². The second-order valence-electron chi connectivity index (χ2n) is 6.40. The molecule has 1 N–H and O–H groups in total. The van der Waals surface area contributed by atoms with Crippen molar-refractivity contribution < 1.29 is 17.9 Å². The summed E-state index contributed by atoms with van der Waals surface area (Å²) in [6.45, 7) is 3.49. The van der Waals surface area contributed by atoms with Gasteiger partial charge >= 0.3 is 6.18 Å². The monoisotopic (exact) mass is 391 g/mol. The summed E-state index contributed by atoms with van der Waals surface area (Å²) < 4.78 is 43.8. The first-order valence-electron chi connectivity index (χ1n) is 8.63. The molecule has 0 spiro atoms. The van der Waals surface area contributed by atoms with E-state index in [4.69, 9.17) is 4.74 Å². The van der Waals surface area contributed by atoms with Crippen molar-refractivity contribution in [2.24, 2.45) is 0 Å². The molecule has 0 unspecified atom stereocenters. The van der Waals surface area contributed by atoms with Gasteiger partial charge in [0.05, 0.1) is 5.69 Å². The maximum atomic E-state index is 12.4. The van der Waals surface area contributed by atoms with Crippen LogP contribution in [0.25, 0.3) is 0 Å². The van der Waals surface area contributed by atoms with Crippen molar-refractivity contribution >= 4 is 5.95 Å². The summed E-state index contributed by atoms with van der Waals surface area (Å²) in [6, 6.07) is 9.57. The fourth-order valence-electron chi connectivity index (χ4n) is 2.82. The summed E-state index contributed by atoms with van der Waals surface area (Å²) in [6.07, 6.45) is -1.55. The van der Waals surface area contributed by atoms with Crippen LogP contribution >= 0.6 is 0 Å². The Labute approximate surface area is 160 Å². The van der Waals surface area contributed by atoms with Gasteiger partial charge < -0.3 is 10.1 Å². The Kier molecular flexibility index (Phi) is 5.81. The fourth-order valence-corrected chi connectivity index (χ4v) is 2.82. The van der Waals surface area contributed by atoms with E-state index in [0.29, 0.717) is 13.2 Å². The van der Waals surface area contributed by atoms with E-state index in [1.807, 2.05) is 44.2 Å². The highest BCUT2D eigenvalue weighted by atomic mass is 19.4. The van der Waals surface area contributed by atoms with Crippen LogP contribution in [0.2, 0.25) is 0 Å². The number of hydrogen-bond acceptors (Lipinski definition) is 5. The van der Waals surface area contributed by atoms with Gasteiger partial charge in [-0.3, -0.25) is 4.98 Å². The second kappa shape index (κ2) is 8.28. The topological polar surface area (TPSA) is 64.9 Å². The molecule has 3 aromatic rings. The zero-order chi connectivity index (χ0) is 20.1. The van der Waals surface area contributed by atoms with Gasteiger partial charge in [-0.1, -0.05) is 18.2 Å². The number of benzene rings is 1. The van der Waals surface area contributed by atoms with E-state index in [1.54, 1.807) is 6.20 Å². The number of alkyl halides is 3. The van der Waals surface area contributed by atoms with Crippen molar-refractivity contribution in [1.29, 1.82) is 0 Å². The fraction of sp³-hybridized carbons (Fsp3) is 0.316. The Hall–Kier alpha value is -3.10. The lowest BCUT2D eigenvalue weighted by atomic mass is 10.1. The molecule has 0 aliphatic heterocycles. The van der Waals surface area contributed by atoms with Gasteiger partial charge in [-0.25, -0.2) is 9.67 Å². The molecule has 0 fully saturated rings. The Balaban J connectivity index is 1.61. The number of anilines is 1. The predicted octanol–water partition coefficient (Wildman–Crippen LogP) is 4.04. The van der Waals surface area contributed by atoms with Gasteiger partial charge in [-0.2, -0.15) is 13.2 Å². The molecule has 0 amide bonds. The SMILES string of the molecule is Cc1cc(CNc2ncn(CC(F)(F)F)n2)cc(C)c1OCc1ccccn1. The molecule has 0 saturated heterocycles. The van der Waals surface area contributed by atoms with E-state index in [1.165, 1.54) is 0 Å². The number of hydrogen-bond donors (Lipinski definition) is 1. The lowest BCUT2D eigenvalue weighted by Crippen LogP contribution is -2.18. The number of aryl methyl sites for hydroxylation is 2. The maximum absolute atomic E-state index is 12.4. The first-order valence-corrected chi connectivity index (χ1v) is 8.63. The first kappa shape index (κ1) is 19.7. The summed E-state index contributed by atoms with van der Waals surface area (Å²) >= 11 is 0. The number of nitrogens with zero attached hydrogens (tertiary/aromatic N) is 4. The van der Waals surface area contributed by atoms with E-state index in [-0.39, 0.29) is 5.95 Å². The van der Waals surface area contributed by atoms with Crippen LogP contribution in [0.15, 0.2) is 42.9 Å².